The van der Waals surface area contributed by atoms with Crippen molar-refractivity contribution in [1.29, 1.82) is 0 Å². The van der Waals surface area contributed by atoms with Crippen molar-refractivity contribution in [2.45, 2.75) is 6.92 Å². The van der Waals surface area contributed by atoms with Gasteiger partial charge >= 0.3 is 0 Å². The molecule has 9 heteroatoms. The van der Waals surface area contributed by atoms with E-state index in [0.717, 1.165) is 22.2 Å². The van der Waals surface area contributed by atoms with Crippen molar-refractivity contribution in [2.75, 3.05) is 11.9 Å². The second kappa shape index (κ2) is 9.24. The van der Waals surface area contributed by atoms with Gasteiger partial charge in [0.2, 0.25) is 5.91 Å². The van der Waals surface area contributed by atoms with Gasteiger partial charge in [0.25, 0.3) is 11.1 Å². The Hall–Kier alpha value is -3.00. The molecule has 162 valence electrons. The third-order valence-corrected chi connectivity index (χ3v) is 6.44. The predicted octanol–water partition coefficient (Wildman–Crippen LogP) is 6.24. The summed E-state index contributed by atoms with van der Waals surface area (Å²) in [5, 5.41) is 2.95. The molecule has 0 aliphatic carbocycles. The number of amides is 3. The van der Waals surface area contributed by atoms with Gasteiger partial charge in [-0.3, -0.25) is 19.3 Å². The van der Waals surface area contributed by atoms with Crippen molar-refractivity contribution in [3.63, 3.8) is 0 Å². The lowest BCUT2D eigenvalue weighted by atomic mass is 10.2. The largest absolute Gasteiger partial charge is 0.457 e. The van der Waals surface area contributed by atoms with Gasteiger partial charge in [-0.2, -0.15) is 0 Å². The molecule has 1 saturated heterocycles. The zero-order chi connectivity index (χ0) is 22.8. The summed E-state index contributed by atoms with van der Waals surface area (Å²) in [6.07, 6.45) is 1.46. The second-order valence-corrected chi connectivity index (χ2v) is 8.71. The van der Waals surface area contributed by atoms with Crippen LogP contribution in [0, 0.1) is 6.92 Å². The summed E-state index contributed by atoms with van der Waals surface area (Å²) >= 11 is 13.0. The second-order valence-electron chi connectivity index (χ2n) is 6.93. The number of benzene rings is 2. The standard InChI is InChI=1S/C23H16Cl2N2O4S/c1-13-5-2-3-8-17(13)26-20(28)12-27-22(29)19(32-23(27)30)11-14-9-10-18(31-14)15-6-4-7-16(24)21(15)25/h2-11H,12H2,1H3,(H,26,28)/b19-11+. The molecule has 6 nitrogen and oxygen atoms in total. The third-order valence-electron chi connectivity index (χ3n) is 4.71. The first-order chi connectivity index (χ1) is 15.3. The van der Waals surface area contributed by atoms with Crippen LogP contribution in [0.5, 0.6) is 0 Å². The number of furan rings is 1. The van der Waals surface area contributed by atoms with Gasteiger partial charge in [-0.05, 0) is 54.6 Å². The van der Waals surface area contributed by atoms with E-state index < -0.39 is 17.1 Å². The van der Waals surface area contributed by atoms with Gasteiger partial charge in [0.15, 0.2) is 0 Å². The molecule has 0 bridgehead atoms. The van der Waals surface area contributed by atoms with Crippen LogP contribution < -0.4 is 5.32 Å². The number of rotatable bonds is 5. The predicted molar refractivity (Wildman–Crippen MR) is 127 cm³/mol. The molecule has 0 radical (unpaired) electrons. The van der Waals surface area contributed by atoms with Crippen molar-refractivity contribution in [1.82, 2.24) is 4.90 Å². The number of hydrogen-bond donors (Lipinski definition) is 1. The Kier molecular flexibility index (Phi) is 6.41. The lowest BCUT2D eigenvalue weighted by molar-refractivity contribution is -0.127. The van der Waals surface area contributed by atoms with Crippen molar-refractivity contribution in [3.8, 4) is 11.3 Å². The fraction of sp³-hybridized carbons (Fsp3) is 0.0870. The molecule has 0 atom stereocenters. The van der Waals surface area contributed by atoms with Crippen LogP contribution in [0.1, 0.15) is 11.3 Å². The number of thioether (sulfide) groups is 1. The number of anilines is 1. The van der Waals surface area contributed by atoms with Gasteiger partial charge in [0, 0.05) is 17.3 Å². The fourth-order valence-electron chi connectivity index (χ4n) is 3.08. The average Bonchev–Trinajstić information content (AvgIpc) is 3.32. The number of carbonyl (C=O) groups is 3. The Morgan fingerprint density at radius 2 is 1.88 bits per heavy atom. The maximum Gasteiger partial charge on any atom is 0.294 e. The van der Waals surface area contributed by atoms with Crippen LogP contribution in [-0.4, -0.2) is 28.5 Å². The lowest BCUT2D eigenvalue weighted by Crippen LogP contribution is -2.36. The molecule has 3 aromatic rings. The van der Waals surface area contributed by atoms with E-state index in [1.807, 2.05) is 19.1 Å². The van der Waals surface area contributed by atoms with Crippen molar-refractivity contribution < 1.29 is 18.8 Å². The molecule has 3 amide bonds. The Balaban J connectivity index is 1.48. The summed E-state index contributed by atoms with van der Waals surface area (Å²) in [5.74, 6) is -0.177. The summed E-state index contributed by atoms with van der Waals surface area (Å²) in [7, 11) is 0. The van der Waals surface area contributed by atoms with E-state index >= 15 is 0 Å². The monoisotopic (exact) mass is 486 g/mol. The van der Waals surface area contributed by atoms with E-state index in [0.29, 0.717) is 32.8 Å². The van der Waals surface area contributed by atoms with Crippen LogP contribution in [0.15, 0.2) is 63.9 Å². The van der Waals surface area contributed by atoms with Crippen LogP contribution in [0.2, 0.25) is 10.0 Å². The van der Waals surface area contributed by atoms with Gasteiger partial charge < -0.3 is 9.73 Å². The van der Waals surface area contributed by atoms with Crippen LogP contribution >= 0.6 is 35.0 Å². The van der Waals surface area contributed by atoms with E-state index in [-0.39, 0.29) is 11.4 Å². The van der Waals surface area contributed by atoms with Gasteiger partial charge in [0.05, 0.1) is 15.0 Å². The summed E-state index contributed by atoms with van der Waals surface area (Å²) in [6, 6.07) is 15.8. The van der Waals surface area contributed by atoms with Gasteiger partial charge in [-0.15, -0.1) is 0 Å². The first-order valence-corrected chi connectivity index (χ1v) is 11.1. The Labute approximate surface area is 198 Å². The van der Waals surface area contributed by atoms with Gasteiger partial charge in [0.1, 0.15) is 18.1 Å². The smallest absolute Gasteiger partial charge is 0.294 e. The highest BCUT2D eigenvalue weighted by molar-refractivity contribution is 8.18. The van der Waals surface area contributed by atoms with E-state index in [1.165, 1.54) is 6.08 Å². The maximum absolute atomic E-state index is 12.7. The summed E-state index contributed by atoms with van der Waals surface area (Å²) < 4.78 is 5.77. The molecular formula is C23H16Cl2N2O4S. The minimum absolute atomic E-state index is 0.164. The van der Waals surface area contributed by atoms with E-state index in [2.05, 4.69) is 5.32 Å². The summed E-state index contributed by atoms with van der Waals surface area (Å²) in [5.41, 5.74) is 2.12. The lowest BCUT2D eigenvalue weighted by Gasteiger charge is -2.13. The van der Waals surface area contributed by atoms with Gasteiger partial charge in [-0.1, -0.05) is 47.5 Å². The van der Waals surface area contributed by atoms with Crippen LogP contribution in [0.25, 0.3) is 17.4 Å². The number of hydrogen-bond acceptors (Lipinski definition) is 5. The Morgan fingerprint density at radius 3 is 2.66 bits per heavy atom. The van der Waals surface area contributed by atoms with E-state index in [9.17, 15) is 14.4 Å². The molecule has 1 aromatic heterocycles. The number of nitrogens with zero attached hydrogens (tertiary/aromatic N) is 1. The number of aryl methyl sites for hydroxylation is 1. The minimum atomic E-state index is -0.557. The molecule has 0 saturated carbocycles. The number of para-hydroxylation sites is 1. The van der Waals surface area contributed by atoms with Crippen molar-refractivity contribution in [2.24, 2.45) is 0 Å². The molecule has 32 heavy (non-hydrogen) atoms. The molecule has 1 fully saturated rings. The number of imide groups is 1. The minimum Gasteiger partial charge on any atom is -0.457 e. The van der Waals surface area contributed by atoms with E-state index in [4.69, 9.17) is 27.6 Å². The highest BCUT2D eigenvalue weighted by Crippen LogP contribution is 2.36. The first kappa shape index (κ1) is 22.2. The van der Waals surface area contributed by atoms with Crippen LogP contribution in [0.3, 0.4) is 0 Å². The highest BCUT2D eigenvalue weighted by Gasteiger charge is 2.36. The normalized spacial score (nSPS) is 15.0. The molecule has 1 aliphatic heterocycles. The summed E-state index contributed by atoms with van der Waals surface area (Å²) in [4.78, 5) is 38.5. The number of carbonyl (C=O) groups excluding carboxylic acids is 3. The topological polar surface area (TPSA) is 79.6 Å². The Morgan fingerprint density at radius 1 is 1.09 bits per heavy atom. The first-order valence-electron chi connectivity index (χ1n) is 9.48. The zero-order valence-electron chi connectivity index (χ0n) is 16.7. The molecule has 1 aliphatic rings. The third kappa shape index (κ3) is 4.60. The van der Waals surface area contributed by atoms with Crippen LogP contribution in [-0.2, 0) is 9.59 Å². The quantitative estimate of drug-likeness (QED) is 0.431. The van der Waals surface area contributed by atoms with Crippen molar-refractivity contribution in [3.05, 3.63) is 80.9 Å². The average molecular weight is 487 g/mol. The molecule has 2 heterocycles. The summed E-state index contributed by atoms with van der Waals surface area (Å²) in [6.45, 7) is 1.48. The number of nitrogens with one attached hydrogen (secondary N) is 1. The molecular weight excluding hydrogens is 471 g/mol. The molecule has 4 rings (SSSR count). The molecule has 2 aromatic carbocycles. The van der Waals surface area contributed by atoms with Crippen LogP contribution in [0.4, 0.5) is 10.5 Å². The number of halogens is 2. The maximum atomic E-state index is 12.7. The molecule has 0 unspecified atom stereocenters. The van der Waals surface area contributed by atoms with E-state index in [1.54, 1.807) is 42.5 Å². The Bertz CT molecular complexity index is 1270. The highest BCUT2D eigenvalue weighted by atomic mass is 35.5. The zero-order valence-corrected chi connectivity index (χ0v) is 19.1. The molecule has 1 N–H and O–H groups in total. The van der Waals surface area contributed by atoms with Crippen molar-refractivity contribution >= 4 is 63.8 Å². The SMILES string of the molecule is Cc1ccccc1NC(=O)CN1C(=O)S/C(=C/c2ccc(-c3cccc(Cl)c3Cl)o2)C1=O. The fourth-order valence-corrected chi connectivity index (χ4v) is 4.29. The molecule has 0 spiro atoms. The van der Waals surface area contributed by atoms with Gasteiger partial charge in [-0.25, -0.2) is 0 Å².